The second kappa shape index (κ2) is 8.68. The summed E-state index contributed by atoms with van der Waals surface area (Å²) in [7, 11) is 1.75. The summed E-state index contributed by atoms with van der Waals surface area (Å²) in [5, 5.41) is 15.4. The molecular formula is C21H19FN6O2S. The van der Waals surface area contributed by atoms with Gasteiger partial charge in [0, 0.05) is 18.3 Å². The molecule has 0 atom stereocenters. The number of benzene rings is 2. The molecule has 0 radical (unpaired) electrons. The van der Waals surface area contributed by atoms with Crippen molar-refractivity contribution < 1.29 is 13.7 Å². The summed E-state index contributed by atoms with van der Waals surface area (Å²) in [5.41, 5.74) is 2.90. The summed E-state index contributed by atoms with van der Waals surface area (Å²) in [4.78, 5) is 16.6. The monoisotopic (exact) mass is 438 g/mol. The lowest BCUT2D eigenvalue weighted by Gasteiger charge is -2.06. The number of carbonyl (C=O) groups is 1. The molecule has 0 aliphatic rings. The van der Waals surface area contributed by atoms with Gasteiger partial charge in [0.25, 0.3) is 5.89 Å². The van der Waals surface area contributed by atoms with Crippen LogP contribution in [0.15, 0.2) is 52.1 Å². The van der Waals surface area contributed by atoms with Crippen molar-refractivity contribution in [3.63, 3.8) is 0 Å². The van der Waals surface area contributed by atoms with Gasteiger partial charge in [-0.05, 0) is 31.5 Å². The van der Waals surface area contributed by atoms with E-state index >= 15 is 0 Å². The van der Waals surface area contributed by atoms with E-state index in [0.29, 0.717) is 28.1 Å². The van der Waals surface area contributed by atoms with Crippen molar-refractivity contribution in [1.29, 1.82) is 0 Å². The van der Waals surface area contributed by atoms with Crippen molar-refractivity contribution in [1.82, 2.24) is 24.9 Å². The van der Waals surface area contributed by atoms with E-state index in [1.165, 1.54) is 17.8 Å². The van der Waals surface area contributed by atoms with Crippen LogP contribution in [0.1, 0.15) is 11.1 Å². The third kappa shape index (κ3) is 4.64. The Hall–Kier alpha value is -3.53. The quantitative estimate of drug-likeness (QED) is 0.454. The first kappa shape index (κ1) is 20.7. The summed E-state index contributed by atoms with van der Waals surface area (Å²) < 4.78 is 20.7. The highest BCUT2D eigenvalue weighted by molar-refractivity contribution is 7.99. The van der Waals surface area contributed by atoms with E-state index < -0.39 is 0 Å². The molecule has 2 aromatic carbocycles. The molecule has 1 N–H and O–H groups in total. The molecule has 0 spiro atoms. The molecule has 4 rings (SSSR count). The van der Waals surface area contributed by atoms with Gasteiger partial charge in [0.05, 0.1) is 5.75 Å². The zero-order valence-electron chi connectivity index (χ0n) is 17.1. The summed E-state index contributed by atoms with van der Waals surface area (Å²) >= 11 is 1.20. The van der Waals surface area contributed by atoms with Crippen LogP contribution in [-0.2, 0) is 11.8 Å². The number of hydrogen-bond acceptors (Lipinski definition) is 7. The number of thioether (sulfide) groups is 1. The van der Waals surface area contributed by atoms with Gasteiger partial charge >= 0.3 is 0 Å². The molecule has 2 aromatic heterocycles. The van der Waals surface area contributed by atoms with Crippen molar-refractivity contribution in [3.05, 3.63) is 59.4 Å². The third-order valence-corrected chi connectivity index (χ3v) is 5.57. The fourth-order valence-corrected chi connectivity index (χ4v) is 3.47. The number of amides is 1. The number of rotatable bonds is 6. The molecule has 0 bridgehead atoms. The lowest BCUT2D eigenvalue weighted by molar-refractivity contribution is -0.113. The normalized spacial score (nSPS) is 11.0. The van der Waals surface area contributed by atoms with Gasteiger partial charge in [-0.25, -0.2) is 4.39 Å². The summed E-state index contributed by atoms with van der Waals surface area (Å²) in [5.74, 6) is 0.522. The first-order valence-corrected chi connectivity index (χ1v) is 10.4. The molecule has 0 aliphatic heterocycles. The van der Waals surface area contributed by atoms with E-state index in [-0.39, 0.29) is 23.4 Å². The van der Waals surface area contributed by atoms with Crippen LogP contribution in [0.2, 0.25) is 0 Å². The average Bonchev–Trinajstić information content (AvgIpc) is 3.36. The number of aryl methyl sites for hydroxylation is 2. The maximum atomic E-state index is 13.6. The van der Waals surface area contributed by atoms with Crippen molar-refractivity contribution in [3.8, 4) is 23.1 Å². The zero-order valence-corrected chi connectivity index (χ0v) is 17.9. The smallest absolute Gasteiger partial charge is 0.296 e. The highest BCUT2D eigenvalue weighted by Gasteiger charge is 2.19. The Labute approximate surface area is 181 Å². The Morgan fingerprint density at radius 3 is 2.68 bits per heavy atom. The van der Waals surface area contributed by atoms with Crippen molar-refractivity contribution >= 4 is 23.4 Å². The van der Waals surface area contributed by atoms with Gasteiger partial charge in [-0.1, -0.05) is 52.8 Å². The number of halogens is 1. The molecule has 0 fully saturated rings. The van der Waals surface area contributed by atoms with Crippen molar-refractivity contribution in [2.75, 3.05) is 11.1 Å². The fourth-order valence-electron chi connectivity index (χ4n) is 2.76. The van der Waals surface area contributed by atoms with Gasteiger partial charge < -0.3 is 14.4 Å². The molecule has 4 aromatic rings. The summed E-state index contributed by atoms with van der Waals surface area (Å²) in [6.07, 6.45) is 0. The van der Waals surface area contributed by atoms with Crippen LogP contribution < -0.4 is 5.32 Å². The summed E-state index contributed by atoms with van der Waals surface area (Å²) in [6, 6.07) is 12.3. The second-order valence-corrected chi connectivity index (χ2v) is 7.90. The first-order valence-electron chi connectivity index (χ1n) is 9.40. The Kier molecular flexibility index (Phi) is 5.81. The number of aromatic nitrogens is 5. The third-order valence-electron chi connectivity index (χ3n) is 4.55. The van der Waals surface area contributed by atoms with Crippen molar-refractivity contribution in [2.24, 2.45) is 7.05 Å². The van der Waals surface area contributed by atoms with E-state index in [4.69, 9.17) is 4.52 Å². The van der Waals surface area contributed by atoms with Crippen LogP contribution in [0.5, 0.6) is 0 Å². The van der Waals surface area contributed by atoms with Crippen LogP contribution in [-0.4, -0.2) is 36.6 Å². The SMILES string of the molecule is Cc1ccc(-c2noc(-c3nnc(SCC(=O)Nc4ccc(C)c(F)c4)n3C)n2)cc1. The molecule has 2 heterocycles. The van der Waals surface area contributed by atoms with Gasteiger partial charge in [-0.3, -0.25) is 4.79 Å². The molecule has 8 nitrogen and oxygen atoms in total. The molecule has 0 saturated carbocycles. The van der Waals surface area contributed by atoms with Crippen LogP contribution in [0, 0.1) is 19.7 Å². The van der Waals surface area contributed by atoms with E-state index in [1.54, 1.807) is 30.7 Å². The van der Waals surface area contributed by atoms with Crippen LogP contribution in [0.4, 0.5) is 10.1 Å². The molecule has 1 amide bonds. The Morgan fingerprint density at radius 2 is 1.94 bits per heavy atom. The number of hydrogen-bond donors (Lipinski definition) is 1. The van der Waals surface area contributed by atoms with Gasteiger partial charge in [-0.2, -0.15) is 4.98 Å². The fraction of sp³-hybridized carbons (Fsp3) is 0.190. The lowest BCUT2D eigenvalue weighted by Crippen LogP contribution is -2.14. The molecular weight excluding hydrogens is 419 g/mol. The van der Waals surface area contributed by atoms with E-state index in [0.717, 1.165) is 11.1 Å². The maximum Gasteiger partial charge on any atom is 0.296 e. The van der Waals surface area contributed by atoms with E-state index in [9.17, 15) is 9.18 Å². The second-order valence-electron chi connectivity index (χ2n) is 6.96. The number of anilines is 1. The minimum Gasteiger partial charge on any atom is -0.330 e. The molecule has 158 valence electrons. The average molecular weight is 438 g/mol. The van der Waals surface area contributed by atoms with Gasteiger partial charge in [-0.15, -0.1) is 10.2 Å². The molecule has 31 heavy (non-hydrogen) atoms. The van der Waals surface area contributed by atoms with E-state index in [2.05, 4.69) is 25.7 Å². The van der Waals surface area contributed by atoms with E-state index in [1.807, 2.05) is 31.2 Å². The summed E-state index contributed by atoms with van der Waals surface area (Å²) in [6.45, 7) is 3.67. The number of nitrogens with zero attached hydrogens (tertiary/aromatic N) is 5. The Morgan fingerprint density at radius 1 is 1.16 bits per heavy atom. The minimum atomic E-state index is -0.368. The van der Waals surface area contributed by atoms with Crippen molar-refractivity contribution in [2.45, 2.75) is 19.0 Å². The minimum absolute atomic E-state index is 0.0833. The molecule has 0 unspecified atom stereocenters. The Balaban J connectivity index is 1.42. The number of nitrogens with one attached hydrogen (secondary N) is 1. The van der Waals surface area contributed by atoms with Gasteiger partial charge in [0.15, 0.2) is 5.16 Å². The lowest BCUT2D eigenvalue weighted by atomic mass is 10.1. The highest BCUT2D eigenvalue weighted by atomic mass is 32.2. The largest absolute Gasteiger partial charge is 0.330 e. The Bertz CT molecular complexity index is 1240. The number of carbonyl (C=O) groups excluding carboxylic acids is 1. The topological polar surface area (TPSA) is 98.7 Å². The predicted molar refractivity (Wildman–Crippen MR) is 115 cm³/mol. The highest BCUT2D eigenvalue weighted by Crippen LogP contribution is 2.24. The molecule has 0 aliphatic carbocycles. The predicted octanol–water partition coefficient (Wildman–Crippen LogP) is 4.02. The van der Waals surface area contributed by atoms with Gasteiger partial charge in [0.2, 0.25) is 17.6 Å². The van der Waals surface area contributed by atoms with Crippen LogP contribution in [0.25, 0.3) is 23.1 Å². The maximum absolute atomic E-state index is 13.6. The standard InChI is InChI=1S/C21H19FN6O2S/c1-12-4-7-14(8-5-12)18-24-20(30-27-18)19-25-26-21(28(19)3)31-11-17(29)23-15-9-6-13(2)16(22)10-15/h4-10H,11H2,1-3H3,(H,23,29). The zero-order chi connectivity index (χ0) is 22.0. The van der Waals surface area contributed by atoms with Crippen LogP contribution in [0.3, 0.4) is 0 Å². The van der Waals surface area contributed by atoms with Crippen LogP contribution >= 0.6 is 11.8 Å². The van der Waals surface area contributed by atoms with Gasteiger partial charge in [0.1, 0.15) is 5.82 Å². The molecule has 0 saturated heterocycles. The molecule has 10 heteroatoms. The first-order chi connectivity index (χ1) is 14.9.